The van der Waals surface area contributed by atoms with E-state index in [9.17, 15) is 0 Å². The van der Waals surface area contributed by atoms with Gasteiger partial charge in [-0.2, -0.15) is 5.10 Å². The molecule has 1 atom stereocenters. The Bertz CT molecular complexity index is 488. The molecule has 16 heavy (non-hydrogen) atoms. The van der Waals surface area contributed by atoms with Crippen LogP contribution < -0.4 is 5.32 Å². The number of hydrogen-bond donors (Lipinski definition) is 2. The normalized spacial score (nSPS) is 18.9. The summed E-state index contributed by atoms with van der Waals surface area (Å²) in [4.78, 5) is 0. The van der Waals surface area contributed by atoms with Crippen LogP contribution in [-0.2, 0) is 6.42 Å². The van der Waals surface area contributed by atoms with Gasteiger partial charge in [-0.05, 0) is 31.4 Å². The molecule has 0 fully saturated rings. The van der Waals surface area contributed by atoms with Gasteiger partial charge in [-0.15, -0.1) is 0 Å². The number of hydrogen-bond acceptors (Lipinski definition) is 2. The van der Waals surface area contributed by atoms with Gasteiger partial charge >= 0.3 is 0 Å². The monoisotopic (exact) mass is 213 g/mol. The largest absolute Gasteiger partial charge is 0.378 e. The van der Waals surface area contributed by atoms with E-state index in [4.69, 9.17) is 0 Å². The molecule has 82 valence electrons. The van der Waals surface area contributed by atoms with E-state index in [0.717, 1.165) is 12.8 Å². The molecule has 0 saturated carbocycles. The molecule has 1 aromatic heterocycles. The Morgan fingerprint density at radius 3 is 3.12 bits per heavy atom. The second kappa shape index (κ2) is 3.67. The molecule has 3 nitrogen and oxygen atoms in total. The van der Waals surface area contributed by atoms with Gasteiger partial charge in [-0.25, -0.2) is 0 Å². The van der Waals surface area contributed by atoms with Crippen molar-refractivity contribution >= 4 is 5.69 Å². The first-order chi connectivity index (χ1) is 7.83. The number of aromatic amines is 1. The molecule has 2 heterocycles. The molecule has 0 bridgehead atoms. The number of anilines is 1. The fourth-order valence-corrected chi connectivity index (χ4v) is 2.33. The van der Waals surface area contributed by atoms with Crippen LogP contribution in [0.5, 0.6) is 0 Å². The van der Waals surface area contributed by atoms with E-state index < -0.39 is 0 Å². The highest BCUT2D eigenvalue weighted by Crippen LogP contribution is 2.32. The molecule has 0 radical (unpaired) electrons. The van der Waals surface area contributed by atoms with Gasteiger partial charge < -0.3 is 5.32 Å². The molecule has 2 N–H and O–H groups in total. The topological polar surface area (TPSA) is 40.7 Å². The number of rotatable bonds is 1. The number of H-pyrrole nitrogens is 1. The SMILES string of the molecule is Cc1ccc2c(c1)CCC(c1cn[nH]c1)N2. The van der Waals surface area contributed by atoms with Crippen LogP contribution in [0.2, 0.25) is 0 Å². The van der Waals surface area contributed by atoms with Crippen molar-refractivity contribution in [1.82, 2.24) is 10.2 Å². The van der Waals surface area contributed by atoms with Crippen LogP contribution in [0.4, 0.5) is 5.69 Å². The summed E-state index contributed by atoms with van der Waals surface area (Å²) in [5.74, 6) is 0. The highest BCUT2D eigenvalue weighted by atomic mass is 15.1. The van der Waals surface area contributed by atoms with E-state index in [-0.39, 0.29) is 0 Å². The Labute approximate surface area is 94.9 Å². The predicted octanol–water partition coefficient (Wildman–Crippen LogP) is 2.82. The van der Waals surface area contributed by atoms with Crippen LogP contribution in [0.3, 0.4) is 0 Å². The fraction of sp³-hybridized carbons (Fsp3) is 0.308. The van der Waals surface area contributed by atoms with Gasteiger partial charge in [0.25, 0.3) is 0 Å². The summed E-state index contributed by atoms with van der Waals surface area (Å²) in [5.41, 5.74) is 5.27. The summed E-state index contributed by atoms with van der Waals surface area (Å²) in [7, 11) is 0. The van der Waals surface area contributed by atoms with Crippen LogP contribution in [0, 0.1) is 6.92 Å². The number of benzene rings is 1. The molecular weight excluding hydrogens is 198 g/mol. The third kappa shape index (κ3) is 1.58. The smallest absolute Gasteiger partial charge is 0.0548 e. The number of nitrogens with one attached hydrogen (secondary N) is 2. The van der Waals surface area contributed by atoms with Crippen molar-refractivity contribution in [2.24, 2.45) is 0 Å². The molecular formula is C13H15N3. The van der Waals surface area contributed by atoms with Crippen LogP contribution >= 0.6 is 0 Å². The van der Waals surface area contributed by atoms with E-state index in [0.29, 0.717) is 6.04 Å². The zero-order chi connectivity index (χ0) is 11.0. The van der Waals surface area contributed by atoms with Crippen LogP contribution in [-0.4, -0.2) is 10.2 Å². The standard InChI is InChI=1S/C13H15N3/c1-9-2-4-12-10(6-9)3-5-13(16-12)11-7-14-15-8-11/h2,4,6-8,13,16H,3,5H2,1H3,(H,14,15). The maximum absolute atomic E-state index is 4.00. The van der Waals surface area contributed by atoms with Gasteiger partial charge in [-0.1, -0.05) is 17.7 Å². The van der Waals surface area contributed by atoms with E-state index >= 15 is 0 Å². The van der Waals surface area contributed by atoms with Crippen molar-refractivity contribution < 1.29 is 0 Å². The molecule has 0 aliphatic carbocycles. The predicted molar refractivity (Wildman–Crippen MR) is 64.5 cm³/mol. The number of aromatic nitrogens is 2. The van der Waals surface area contributed by atoms with E-state index in [1.807, 2.05) is 12.4 Å². The molecule has 1 aromatic carbocycles. The highest BCUT2D eigenvalue weighted by molar-refractivity contribution is 5.56. The summed E-state index contributed by atoms with van der Waals surface area (Å²) in [6.45, 7) is 2.14. The van der Waals surface area contributed by atoms with E-state index in [1.54, 1.807) is 0 Å². The van der Waals surface area contributed by atoms with Crippen molar-refractivity contribution in [1.29, 1.82) is 0 Å². The maximum atomic E-state index is 4.00. The minimum Gasteiger partial charge on any atom is -0.378 e. The average Bonchev–Trinajstić information content (AvgIpc) is 2.82. The molecule has 0 amide bonds. The quantitative estimate of drug-likeness (QED) is 0.764. The Morgan fingerprint density at radius 2 is 2.31 bits per heavy atom. The second-order valence-corrected chi connectivity index (χ2v) is 4.43. The van der Waals surface area contributed by atoms with Crippen LogP contribution in [0.15, 0.2) is 30.6 Å². The third-order valence-corrected chi connectivity index (χ3v) is 3.21. The van der Waals surface area contributed by atoms with Gasteiger partial charge in [-0.3, -0.25) is 5.10 Å². The lowest BCUT2D eigenvalue weighted by Crippen LogP contribution is -2.17. The lowest BCUT2D eigenvalue weighted by molar-refractivity contribution is 0.668. The van der Waals surface area contributed by atoms with Crippen molar-refractivity contribution in [2.45, 2.75) is 25.8 Å². The van der Waals surface area contributed by atoms with Crippen molar-refractivity contribution in [3.05, 3.63) is 47.3 Å². The van der Waals surface area contributed by atoms with E-state index in [1.165, 1.54) is 22.4 Å². The van der Waals surface area contributed by atoms with Gasteiger partial charge in [0.1, 0.15) is 0 Å². The first-order valence-electron chi connectivity index (χ1n) is 5.68. The minimum atomic E-state index is 0.397. The summed E-state index contributed by atoms with van der Waals surface area (Å²) in [6.07, 6.45) is 6.14. The highest BCUT2D eigenvalue weighted by Gasteiger charge is 2.19. The zero-order valence-corrected chi connectivity index (χ0v) is 9.33. The minimum absolute atomic E-state index is 0.397. The second-order valence-electron chi connectivity index (χ2n) is 4.43. The van der Waals surface area contributed by atoms with Crippen LogP contribution in [0.25, 0.3) is 0 Å². The number of aryl methyl sites for hydroxylation is 2. The van der Waals surface area contributed by atoms with Gasteiger partial charge in [0.15, 0.2) is 0 Å². The molecule has 3 rings (SSSR count). The lowest BCUT2D eigenvalue weighted by Gasteiger charge is -2.26. The number of fused-ring (bicyclic) bond motifs is 1. The maximum Gasteiger partial charge on any atom is 0.0548 e. The van der Waals surface area contributed by atoms with Gasteiger partial charge in [0.2, 0.25) is 0 Å². The summed E-state index contributed by atoms with van der Waals surface area (Å²) < 4.78 is 0. The summed E-state index contributed by atoms with van der Waals surface area (Å²) in [5, 5.41) is 10.4. The fourth-order valence-electron chi connectivity index (χ4n) is 2.33. The molecule has 2 aromatic rings. The van der Waals surface area contributed by atoms with Gasteiger partial charge in [0.05, 0.1) is 12.2 Å². The van der Waals surface area contributed by atoms with Crippen molar-refractivity contribution in [2.75, 3.05) is 5.32 Å². The summed E-state index contributed by atoms with van der Waals surface area (Å²) >= 11 is 0. The van der Waals surface area contributed by atoms with Gasteiger partial charge in [0, 0.05) is 17.4 Å². The first kappa shape index (κ1) is 9.46. The average molecular weight is 213 g/mol. The molecule has 1 unspecified atom stereocenters. The molecule has 0 spiro atoms. The van der Waals surface area contributed by atoms with Crippen molar-refractivity contribution in [3.8, 4) is 0 Å². The van der Waals surface area contributed by atoms with Crippen LogP contribution in [0.1, 0.15) is 29.2 Å². The Hall–Kier alpha value is -1.77. The summed E-state index contributed by atoms with van der Waals surface area (Å²) in [6, 6.07) is 7.00. The molecule has 1 aliphatic rings. The Balaban J connectivity index is 1.89. The lowest BCUT2D eigenvalue weighted by atomic mass is 9.94. The molecule has 1 aliphatic heterocycles. The third-order valence-electron chi connectivity index (χ3n) is 3.21. The Morgan fingerprint density at radius 1 is 1.38 bits per heavy atom. The van der Waals surface area contributed by atoms with Crippen molar-refractivity contribution in [3.63, 3.8) is 0 Å². The molecule has 0 saturated heterocycles. The van der Waals surface area contributed by atoms with E-state index in [2.05, 4.69) is 40.6 Å². The Kier molecular flexibility index (Phi) is 2.17. The zero-order valence-electron chi connectivity index (χ0n) is 9.33. The molecule has 3 heteroatoms. The first-order valence-corrected chi connectivity index (χ1v) is 5.68. The number of nitrogens with zero attached hydrogens (tertiary/aromatic N) is 1.